The standard InChI is InChI=1S/C19H25NO4/c1-13(20-12-14-6-8-16(21-2)9-7-14)15-10-17(22-3)19(24-5)18(11-15)23-4/h6-11,13,20H,12H2,1-5H3. The first-order valence-corrected chi connectivity index (χ1v) is 7.79. The summed E-state index contributed by atoms with van der Waals surface area (Å²) < 4.78 is 21.4. The van der Waals surface area contributed by atoms with Gasteiger partial charge in [-0.05, 0) is 42.3 Å². The maximum atomic E-state index is 5.41. The fourth-order valence-corrected chi connectivity index (χ4v) is 2.48. The minimum absolute atomic E-state index is 0.126. The Labute approximate surface area is 143 Å². The highest BCUT2D eigenvalue weighted by Gasteiger charge is 2.16. The number of benzene rings is 2. The molecule has 2 aromatic rings. The Bertz CT molecular complexity index is 630. The molecular formula is C19H25NO4. The normalized spacial score (nSPS) is 11.7. The average molecular weight is 331 g/mol. The maximum absolute atomic E-state index is 5.41. The lowest BCUT2D eigenvalue weighted by molar-refractivity contribution is 0.323. The van der Waals surface area contributed by atoms with Crippen molar-refractivity contribution < 1.29 is 18.9 Å². The molecule has 0 spiro atoms. The van der Waals surface area contributed by atoms with Crippen LogP contribution in [-0.2, 0) is 6.54 Å². The zero-order chi connectivity index (χ0) is 17.5. The van der Waals surface area contributed by atoms with Crippen molar-refractivity contribution >= 4 is 0 Å². The molecule has 24 heavy (non-hydrogen) atoms. The van der Waals surface area contributed by atoms with Gasteiger partial charge >= 0.3 is 0 Å². The van der Waals surface area contributed by atoms with Crippen LogP contribution in [0.15, 0.2) is 36.4 Å². The van der Waals surface area contributed by atoms with E-state index in [2.05, 4.69) is 12.2 Å². The third-order valence-electron chi connectivity index (χ3n) is 3.96. The first kappa shape index (κ1) is 17.9. The van der Waals surface area contributed by atoms with E-state index in [-0.39, 0.29) is 6.04 Å². The predicted molar refractivity (Wildman–Crippen MR) is 94.3 cm³/mol. The van der Waals surface area contributed by atoms with Crippen molar-refractivity contribution in [2.75, 3.05) is 28.4 Å². The van der Waals surface area contributed by atoms with E-state index in [1.54, 1.807) is 28.4 Å². The molecule has 0 radical (unpaired) electrons. The maximum Gasteiger partial charge on any atom is 0.203 e. The van der Waals surface area contributed by atoms with Gasteiger partial charge in [-0.25, -0.2) is 0 Å². The van der Waals surface area contributed by atoms with Gasteiger partial charge in [-0.3, -0.25) is 0 Å². The highest BCUT2D eigenvalue weighted by molar-refractivity contribution is 5.54. The lowest BCUT2D eigenvalue weighted by Gasteiger charge is -2.19. The monoisotopic (exact) mass is 331 g/mol. The molecule has 5 nitrogen and oxygen atoms in total. The third kappa shape index (κ3) is 4.11. The fraction of sp³-hybridized carbons (Fsp3) is 0.368. The van der Waals surface area contributed by atoms with Gasteiger partial charge in [0.15, 0.2) is 11.5 Å². The second-order valence-electron chi connectivity index (χ2n) is 5.41. The Morgan fingerprint density at radius 1 is 0.833 bits per heavy atom. The van der Waals surface area contributed by atoms with Crippen LogP contribution in [0.25, 0.3) is 0 Å². The van der Waals surface area contributed by atoms with E-state index >= 15 is 0 Å². The van der Waals surface area contributed by atoms with Crippen molar-refractivity contribution in [2.24, 2.45) is 0 Å². The van der Waals surface area contributed by atoms with Crippen LogP contribution in [0.2, 0.25) is 0 Å². The second kappa shape index (κ2) is 8.45. The summed E-state index contributed by atoms with van der Waals surface area (Å²) in [6.07, 6.45) is 0. The van der Waals surface area contributed by atoms with Crippen LogP contribution in [0.5, 0.6) is 23.0 Å². The van der Waals surface area contributed by atoms with E-state index in [4.69, 9.17) is 18.9 Å². The molecule has 0 bridgehead atoms. The lowest BCUT2D eigenvalue weighted by atomic mass is 10.1. The molecule has 0 aliphatic carbocycles. The van der Waals surface area contributed by atoms with Gasteiger partial charge in [0.2, 0.25) is 5.75 Å². The molecular weight excluding hydrogens is 306 g/mol. The quantitative estimate of drug-likeness (QED) is 0.801. The van der Waals surface area contributed by atoms with Crippen molar-refractivity contribution in [3.63, 3.8) is 0 Å². The van der Waals surface area contributed by atoms with Crippen LogP contribution in [0.3, 0.4) is 0 Å². The molecule has 1 atom stereocenters. The minimum atomic E-state index is 0.126. The molecule has 130 valence electrons. The van der Waals surface area contributed by atoms with E-state index in [0.29, 0.717) is 17.2 Å². The van der Waals surface area contributed by atoms with Gasteiger partial charge < -0.3 is 24.3 Å². The zero-order valence-corrected chi connectivity index (χ0v) is 14.9. The van der Waals surface area contributed by atoms with Crippen molar-refractivity contribution in [2.45, 2.75) is 19.5 Å². The number of rotatable bonds is 8. The summed E-state index contributed by atoms with van der Waals surface area (Å²) in [5.74, 6) is 2.78. The average Bonchev–Trinajstić information content (AvgIpc) is 2.65. The zero-order valence-electron chi connectivity index (χ0n) is 14.9. The Morgan fingerprint density at radius 3 is 1.88 bits per heavy atom. The topological polar surface area (TPSA) is 49.0 Å². The van der Waals surface area contributed by atoms with Crippen LogP contribution in [0, 0.1) is 0 Å². The van der Waals surface area contributed by atoms with Crippen molar-refractivity contribution in [3.8, 4) is 23.0 Å². The van der Waals surface area contributed by atoms with Gasteiger partial charge in [0.05, 0.1) is 28.4 Å². The molecule has 2 rings (SSSR count). The number of ether oxygens (including phenoxy) is 4. The molecule has 0 aliphatic rings. The van der Waals surface area contributed by atoms with Crippen LogP contribution in [-0.4, -0.2) is 28.4 Å². The second-order valence-corrected chi connectivity index (χ2v) is 5.41. The van der Waals surface area contributed by atoms with Crippen molar-refractivity contribution in [1.29, 1.82) is 0 Å². The Balaban J connectivity index is 2.12. The first-order chi connectivity index (χ1) is 11.6. The smallest absolute Gasteiger partial charge is 0.203 e. The van der Waals surface area contributed by atoms with Crippen LogP contribution in [0.4, 0.5) is 0 Å². The van der Waals surface area contributed by atoms with Crippen LogP contribution >= 0.6 is 0 Å². The van der Waals surface area contributed by atoms with E-state index in [0.717, 1.165) is 17.9 Å². The van der Waals surface area contributed by atoms with Crippen LogP contribution in [0.1, 0.15) is 24.1 Å². The summed E-state index contributed by atoms with van der Waals surface area (Å²) in [5, 5.41) is 3.50. The Hall–Kier alpha value is -2.40. The number of nitrogens with one attached hydrogen (secondary N) is 1. The molecule has 0 aromatic heterocycles. The van der Waals surface area contributed by atoms with Gasteiger partial charge in [-0.1, -0.05) is 12.1 Å². The van der Waals surface area contributed by atoms with E-state index in [1.165, 1.54) is 5.56 Å². The van der Waals surface area contributed by atoms with E-state index < -0.39 is 0 Å². The molecule has 1 unspecified atom stereocenters. The molecule has 0 fully saturated rings. The minimum Gasteiger partial charge on any atom is -0.497 e. The molecule has 0 aliphatic heterocycles. The highest BCUT2D eigenvalue weighted by atomic mass is 16.5. The molecule has 1 N–H and O–H groups in total. The van der Waals surface area contributed by atoms with E-state index in [9.17, 15) is 0 Å². The number of methoxy groups -OCH3 is 4. The van der Waals surface area contributed by atoms with Crippen LogP contribution < -0.4 is 24.3 Å². The summed E-state index contributed by atoms with van der Waals surface area (Å²) >= 11 is 0. The lowest BCUT2D eigenvalue weighted by Crippen LogP contribution is -2.18. The number of hydrogen-bond donors (Lipinski definition) is 1. The fourth-order valence-electron chi connectivity index (χ4n) is 2.48. The summed E-state index contributed by atoms with van der Waals surface area (Å²) in [7, 11) is 6.51. The first-order valence-electron chi connectivity index (χ1n) is 7.79. The van der Waals surface area contributed by atoms with Crippen molar-refractivity contribution in [3.05, 3.63) is 47.5 Å². The molecule has 0 amide bonds. The van der Waals surface area contributed by atoms with Crippen molar-refractivity contribution in [1.82, 2.24) is 5.32 Å². The largest absolute Gasteiger partial charge is 0.497 e. The predicted octanol–water partition coefficient (Wildman–Crippen LogP) is 3.57. The molecule has 0 saturated carbocycles. The summed E-state index contributed by atoms with van der Waals surface area (Å²) in [6, 6.07) is 12.1. The third-order valence-corrected chi connectivity index (χ3v) is 3.96. The van der Waals surface area contributed by atoms with E-state index in [1.807, 2.05) is 36.4 Å². The highest BCUT2D eigenvalue weighted by Crippen LogP contribution is 2.39. The van der Waals surface area contributed by atoms with Gasteiger partial charge in [0, 0.05) is 12.6 Å². The summed E-state index contributed by atoms with van der Waals surface area (Å²) in [5.41, 5.74) is 2.26. The summed E-state index contributed by atoms with van der Waals surface area (Å²) in [4.78, 5) is 0. The van der Waals surface area contributed by atoms with Gasteiger partial charge in [-0.15, -0.1) is 0 Å². The molecule has 5 heteroatoms. The number of hydrogen-bond acceptors (Lipinski definition) is 5. The summed E-state index contributed by atoms with van der Waals surface area (Å²) in [6.45, 7) is 2.85. The SMILES string of the molecule is COc1ccc(CNC(C)c2cc(OC)c(OC)c(OC)c2)cc1. The molecule has 0 saturated heterocycles. The van der Waals surface area contributed by atoms with Gasteiger partial charge in [0.1, 0.15) is 5.75 Å². The Kier molecular flexibility index (Phi) is 6.32. The van der Waals surface area contributed by atoms with Gasteiger partial charge in [0.25, 0.3) is 0 Å². The van der Waals surface area contributed by atoms with Gasteiger partial charge in [-0.2, -0.15) is 0 Å². The Morgan fingerprint density at radius 2 is 1.42 bits per heavy atom. The molecule has 0 heterocycles. The molecule has 2 aromatic carbocycles.